The minimum atomic E-state index is -3.57. The fourth-order valence-electron chi connectivity index (χ4n) is 3.03. The number of nitrogens with two attached hydrogens (primary N) is 1. The van der Waals surface area contributed by atoms with Crippen molar-refractivity contribution >= 4 is 33.0 Å². The smallest absolute Gasteiger partial charge is 0.354 e. The van der Waals surface area contributed by atoms with Gasteiger partial charge in [-0.25, -0.2) is 19.1 Å². The number of aliphatic hydroxyl groups is 2. The van der Waals surface area contributed by atoms with E-state index in [1.54, 1.807) is 20.8 Å². The first-order valence-corrected chi connectivity index (χ1v) is 11.1. The van der Waals surface area contributed by atoms with Gasteiger partial charge in [-0.2, -0.15) is 0 Å². The van der Waals surface area contributed by atoms with Crippen molar-refractivity contribution in [1.82, 2.24) is 9.97 Å². The van der Waals surface area contributed by atoms with E-state index < -0.39 is 21.5 Å². The molecule has 0 bridgehead atoms. The molecule has 1 aliphatic rings. The average Bonchev–Trinajstić information content (AvgIpc) is 3.25. The highest BCUT2D eigenvalue weighted by molar-refractivity contribution is 7.93. The van der Waals surface area contributed by atoms with Crippen molar-refractivity contribution in [2.24, 2.45) is 9.50 Å². The van der Waals surface area contributed by atoms with Gasteiger partial charge < -0.3 is 15.5 Å². The molecule has 0 aromatic carbocycles. The van der Waals surface area contributed by atoms with Gasteiger partial charge in [-0.3, -0.25) is 4.98 Å². The van der Waals surface area contributed by atoms with Crippen LogP contribution in [0.1, 0.15) is 47.7 Å². The van der Waals surface area contributed by atoms with Crippen LogP contribution in [0.15, 0.2) is 14.9 Å². The van der Waals surface area contributed by atoms with Crippen molar-refractivity contribution in [1.29, 1.82) is 0 Å². The number of fused-ring (bicyclic) bond motifs is 1. The molecule has 0 spiro atoms. The maximum Gasteiger partial charge on any atom is 0.354 e. The lowest BCUT2D eigenvalue weighted by Gasteiger charge is -2.15. The van der Waals surface area contributed by atoms with E-state index in [1.807, 2.05) is 0 Å². The number of rotatable bonds is 4. The molecule has 1 unspecified atom stereocenters. The van der Waals surface area contributed by atoms with E-state index in [0.717, 1.165) is 41.9 Å². The Bertz CT molecular complexity index is 1050. The fourth-order valence-corrected chi connectivity index (χ4v) is 5.11. The monoisotopic (exact) mass is 425 g/mol. The van der Waals surface area contributed by atoms with Gasteiger partial charge >= 0.3 is 6.03 Å². The lowest BCUT2D eigenvalue weighted by molar-refractivity contribution is 0.0823. The van der Waals surface area contributed by atoms with E-state index >= 15 is 0 Å². The van der Waals surface area contributed by atoms with E-state index in [1.165, 1.54) is 6.20 Å². The van der Waals surface area contributed by atoms with Crippen LogP contribution in [0, 0.1) is 6.92 Å². The van der Waals surface area contributed by atoms with E-state index in [4.69, 9.17) is 5.14 Å². The minimum absolute atomic E-state index is 0.0347. The summed E-state index contributed by atoms with van der Waals surface area (Å²) in [6.45, 7) is 4.64. The van der Waals surface area contributed by atoms with E-state index in [-0.39, 0.29) is 10.9 Å². The Balaban J connectivity index is 1.93. The number of nitrogens with zero attached hydrogens (tertiary/aromatic N) is 3. The molecule has 0 radical (unpaired) electrons. The fraction of sp³-hybridized carbons (Fsp3) is 0.471. The van der Waals surface area contributed by atoms with Crippen LogP contribution in [0.2, 0.25) is 0 Å². The highest BCUT2D eigenvalue weighted by Gasteiger charge is 2.25. The molecule has 11 heteroatoms. The Labute approximate surface area is 167 Å². The summed E-state index contributed by atoms with van der Waals surface area (Å²) in [4.78, 5) is 21.3. The number of pyridine rings is 1. The van der Waals surface area contributed by atoms with Gasteiger partial charge in [-0.05, 0) is 51.2 Å². The Morgan fingerprint density at radius 1 is 1.46 bits per heavy atom. The SMILES string of the molecule is Cc1c(CO)nc2c(c1NC(=O)N=S(N)(=O)c1ncc(C(C)(C)O)s1)CCC2. The summed E-state index contributed by atoms with van der Waals surface area (Å²) >= 11 is 0.946. The van der Waals surface area contributed by atoms with E-state index in [9.17, 15) is 19.2 Å². The van der Waals surface area contributed by atoms with Gasteiger partial charge in [0.1, 0.15) is 0 Å². The zero-order valence-corrected chi connectivity index (χ0v) is 17.5. The Hall–Kier alpha value is -1.92. The molecule has 2 aromatic rings. The van der Waals surface area contributed by atoms with Gasteiger partial charge in [0.25, 0.3) is 0 Å². The molecule has 28 heavy (non-hydrogen) atoms. The summed E-state index contributed by atoms with van der Waals surface area (Å²) in [5.41, 5.74) is 2.25. The highest BCUT2D eigenvalue weighted by atomic mass is 32.2. The number of nitrogens with one attached hydrogen (secondary N) is 1. The zero-order valence-electron chi connectivity index (χ0n) is 15.9. The molecule has 3 rings (SSSR count). The molecule has 2 aromatic heterocycles. The lowest BCUT2D eigenvalue weighted by Crippen LogP contribution is -2.19. The number of urea groups is 1. The number of hydrogen-bond acceptors (Lipinski definition) is 7. The summed E-state index contributed by atoms with van der Waals surface area (Å²) in [6.07, 6.45) is 3.80. The quantitative estimate of drug-likeness (QED) is 0.588. The molecule has 5 N–H and O–H groups in total. The number of thiazole rings is 1. The summed E-state index contributed by atoms with van der Waals surface area (Å²) in [7, 11) is -3.57. The highest BCUT2D eigenvalue weighted by Crippen LogP contribution is 2.32. The number of amides is 2. The summed E-state index contributed by atoms with van der Waals surface area (Å²) in [5.74, 6) is 0. The molecule has 0 fully saturated rings. The van der Waals surface area contributed by atoms with Gasteiger partial charge in [0.15, 0.2) is 9.92 Å². The number of carbonyl (C=O) groups is 1. The van der Waals surface area contributed by atoms with Gasteiger partial charge in [-0.15, -0.1) is 15.7 Å². The van der Waals surface area contributed by atoms with E-state index in [0.29, 0.717) is 21.8 Å². The second-order valence-electron chi connectivity index (χ2n) is 7.13. The number of aromatic nitrogens is 2. The molecule has 0 saturated heterocycles. The molecule has 1 atom stereocenters. The third kappa shape index (κ3) is 4.08. The molecule has 0 saturated carbocycles. The second kappa shape index (κ2) is 7.48. The molecular weight excluding hydrogens is 402 g/mol. The molecular formula is C17H23N5O4S2. The predicted octanol–water partition coefficient (Wildman–Crippen LogP) is 1.99. The number of hydrogen-bond donors (Lipinski definition) is 4. The lowest BCUT2D eigenvalue weighted by atomic mass is 10.1. The van der Waals surface area contributed by atoms with Crippen LogP contribution in [0.25, 0.3) is 0 Å². The molecule has 9 nitrogen and oxygen atoms in total. The van der Waals surface area contributed by atoms with Gasteiger partial charge in [0.2, 0.25) is 4.34 Å². The third-order valence-electron chi connectivity index (χ3n) is 4.51. The summed E-state index contributed by atoms with van der Waals surface area (Å²) < 4.78 is 16.3. The predicted molar refractivity (Wildman–Crippen MR) is 106 cm³/mol. The Morgan fingerprint density at radius 2 is 2.18 bits per heavy atom. The summed E-state index contributed by atoms with van der Waals surface area (Å²) in [5, 5.41) is 28.0. The minimum Gasteiger partial charge on any atom is -0.390 e. The zero-order chi connectivity index (χ0) is 20.7. The van der Waals surface area contributed by atoms with Crippen molar-refractivity contribution in [2.45, 2.75) is 56.6 Å². The van der Waals surface area contributed by atoms with Gasteiger partial charge in [0, 0.05) is 11.9 Å². The first-order valence-electron chi connectivity index (χ1n) is 8.69. The summed E-state index contributed by atoms with van der Waals surface area (Å²) in [6, 6.07) is -0.861. The third-order valence-corrected chi connectivity index (χ3v) is 7.62. The van der Waals surface area contributed by atoms with Crippen LogP contribution >= 0.6 is 11.3 Å². The first kappa shape index (κ1) is 20.8. The molecule has 152 valence electrons. The topological polar surface area (TPSA) is 151 Å². The number of aliphatic hydroxyl groups excluding tert-OH is 1. The van der Waals surface area contributed by atoms with E-state index in [2.05, 4.69) is 19.6 Å². The normalized spacial score (nSPS) is 15.8. The van der Waals surface area contributed by atoms with Crippen molar-refractivity contribution in [3.63, 3.8) is 0 Å². The first-order chi connectivity index (χ1) is 13.0. The molecule has 2 amide bonds. The van der Waals surface area contributed by atoms with Crippen LogP contribution in [-0.2, 0) is 35.0 Å². The number of aryl methyl sites for hydroxylation is 1. The van der Waals surface area contributed by atoms with Crippen LogP contribution in [0.5, 0.6) is 0 Å². The maximum absolute atomic E-state index is 12.7. The number of carbonyl (C=O) groups excluding carboxylic acids is 1. The van der Waals surface area contributed by atoms with Crippen molar-refractivity contribution < 1.29 is 19.2 Å². The van der Waals surface area contributed by atoms with Crippen LogP contribution in [0.4, 0.5) is 10.5 Å². The van der Waals surface area contributed by atoms with Crippen molar-refractivity contribution in [2.75, 3.05) is 5.32 Å². The molecule has 2 heterocycles. The standard InChI is InChI=1S/C17H23N5O4S2/c1-9-12(8-23)20-11-6-4-5-10(11)14(9)21-15(24)22-28(18,26)16-19-7-13(27-16)17(2,3)25/h7,23,25H,4-6,8H2,1-3H3,(H3,18,20,21,22,24,26). The van der Waals surface area contributed by atoms with Gasteiger partial charge in [0.05, 0.1) is 28.5 Å². The largest absolute Gasteiger partial charge is 0.390 e. The van der Waals surface area contributed by atoms with Crippen LogP contribution in [0.3, 0.4) is 0 Å². The van der Waals surface area contributed by atoms with Crippen molar-refractivity contribution in [3.8, 4) is 0 Å². The van der Waals surface area contributed by atoms with Gasteiger partial charge in [-0.1, -0.05) is 0 Å². The van der Waals surface area contributed by atoms with Crippen LogP contribution in [-0.4, -0.2) is 30.4 Å². The molecule has 1 aliphatic carbocycles. The van der Waals surface area contributed by atoms with Crippen molar-refractivity contribution in [3.05, 3.63) is 33.6 Å². The Kier molecular flexibility index (Phi) is 5.56. The number of anilines is 1. The maximum atomic E-state index is 12.7. The average molecular weight is 426 g/mol. The molecule has 0 aliphatic heterocycles. The second-order valence-corrected chi connectivity index (χ2v) is 10.1. The van der Waals surface area contributed by atoms with Crippen LogP contribution < -0.4 is 10.5 Å². The Morgan fingerprint density at radius 3 is 2.79 bits per heavy atom.